The molecule has 3 nitrogen and oxygen atoms in total. The van der Waals surface area contributed by atoms with Crippen LogP contribution in [0.3, 0.4) is 0 Å². The maximum absolute atomic E-state index is 11.1. The minimum atomic E-state index is -3.33. The molecule has 0 N–H and O–H groups in total. The SMILES string of the molecule is O=S(=O)(Cl)C1CN2CCC1CC2. The first-order valence-electron chi connectivity index (χ1n) is 4.23. The second-order valence-corrected chi connectivity index (χ2v) is 6.50. The molecule has 12 heavy (non-hydrogen) atoms. The van der Waals surface area contributed by atoms with Crippen LogP contribution in [0.25, 0.3) is 0 Å². The largest absolute Gasteiger partial charge is 0.302 e. The number of rotatable bonds is 1. The lowest BCUT2D eigenvalue weighted by molar-refractivity contribution is 0.115. The standard InChI is InChI=1S/C7H12ClNO2S/c8-12(10,11)7-5-9-3-1-6(7)2-4-9/h6-7H,1-5H2. The average Bonchev–Trinajstić information content (AvgIpc) is 2.05. The van der Waals surface area contributed by atoms with Crippen molar-refractivity contribution in [3.63, 3.8) is 0 Å². The van der Waals surface area contributed by atoms with Crippen molar-refractivity contribution in [2.45, 2.75) is 18.1 Å². The van der Waals surface area contributed by atoms with Gasteiger partial charge in [-0.25, -0.2) is 8.42 Å². The van der Waals surface area contributed by atoms with Crippen molar-refractivity contribution in [3.05, 3.63) is 0 Å². The normalized spacial score (nSPS) is 41.6. The highest BCUT2D eigenvalue weighted by molar-refractivity contribution is 8.14. The predicted molar refractivity (Wildman–Crippen MR) is 47.7 cm³/mol. The zero-order valence-corrected chi connectivity index (χ0v) is 8.31. The zero-order valence-electron chi connectivity index (χ0n) is 6.74. The Morgan fingerprint density at radius 3 is 2.08 bits per heavy atom. The molecule has 0 aromatic carbocycles. The van der Waals surface area contributed by atoms with Crippen LogP contribution in [0.15, 0.2) is 0 Å². The fourth-order valence-corrected chi connectivity index (χ4v) is 3.96. The predicted octanol–water partition coefficient (Wildman–Crippen LogP) is 0.649. The highest BCUT2D eigenvalue weighted by Crippen LogP contribution is 2.33. The van der Waals surface area contributed by atoms with Crippen LogP contribution in [-0.2, 0) is 9.05 Å². The Morgan fingerprint density at radius 1 is 1.25 bits per heavy atom. The smallest absolute Gasteiger partial charge is 0.236 e. The lowest BCUT2D eigenvalue weighted by atomic mass is 9.88. The van der Waals surface area contributed by atoms with Gasteiger partial charge in [0.2, 0.25) is 9.05 Å². The summed E-state index contributed by atoms with van der Waals surface area (Å²) in [7, 11) is 2.03. The third kappa shape index (κ3) is 1.47. The first kappa shape index (κ1) is 8.78. The quantitative estimate of drug-likeness (QED) is 0.596. The van der Waals surface area contributed by atoms with Gasteiger partial charge in [0.25, 0.3) is 0 Å². The van der Waals surface area contributed by atoms with Crippen LogP contribution in [-0.4, -0.2) is 38.2 Å². The molecule has 2 bridgehead atoms. The van der Waals surface area contributed by atoms with E-state index in [0.29, 0.717) is 12.5 Å². The Kier molecular flexibility index (Phi) is 2.09. The zero-order chi connectivity index (χ0) is 8.77. The summed E-state index contributed by atoms with van der Waals surface area (Å²) in [6.07, 6.45) is 1.99. The maximum Gasteiger partial charge on any atom is 0.236 e. The van der Waals surface area contributed by atoms with Gasteiger partial charge in [0.15, 0.2) is 0 Å². The summed E-state index contributed by atoms with van der Waals surface area (Å²) >= 11 is 0. The van der Waals surface area contributed by atoms with Crippen LogP contribution >= 0.6 is 10.7 Å². The van der Waals surface area contributed by atoms with Crippen LogP contribution in [0, 0.1) is 5.92 Å². The third-order valence-electron chi connectivity index (χ3n) is 2.96. The molecule has 3 heterocycles. The van der Waals surface area contributed by atoms with E-state index in [4.69, 9.17) is 10.7 Å². The molecule has 3 rings (SSSR count). The number of hydrogen-bond acceptors (Lipinski definition) is 3. The molecule has 1 unspecified atom stereocenters. The van der Waals surface area contributed by atoms with Gasteiger partial charge < -0.3 is 4.90 Å². The van der Waals surface area contributed by atoms with Crippen LogP contribution in [0.2, 0.25) is 0 Å². The second kappa shape index (κ2) is 2.86. The van der Waals surface area contributed by atoms with Gasteiger partial charge in [-0.1, -0.05) is 0 Å². The van der Waals surface area contributed by atoms with E-state index in [1.54, 1.807) is 0 Å². The Labute approximate surface area is 77.1 Å². The summed E-state index contributed by atoms with van der Waals surface area (Å²) in [5.74, 6) is 0.317. The Morgan fingerprint density at radius 2 is 1.83 bits per heavy atom. The highest BCUT2D eigenvalue weighted by atomic mass is 35.7. The molecule has 0 saturated carbocycles. The van der Waals surface area contributed by atoms with Gasteiger partial charge >= 0.3 is 0 Å². The molecular weight excluding hydrogens is 198 g/mol. The number of nitrogens with zero attached hydrogens (tertiary/aromatic N) is 1. The van der Waals surface area contributed by atoms with E-state index >= 15 is 0 Å². The lowest BCUT2D eigenvalue weighted by Gasteiger charge is -2.43. The number of halogens is 1. The molecule has 5 heteroatoms. The Balaban J connectivity index is 2.20. The third-order valence-corrected chi connectivity index (χ3v) is 4.90. The van der Waals surface area contributed by atoms with E-state index in [-0.39, 0.29) is 5.25 Å². The van der Waals surface area contributed by atoms with Gasteiger partial charge in [-0.3, -0.25) is 0 Å². The van der Waals surface area contributed by atoms with E-state index in [1.807, 2.05) is 0 Å². The summed E-state index contributed by atoms with van der Waals surface area (Å²) in [6, 6.07) is 0. The highest BCUT2D eigenvalue weighted by Gasteiger charge is 2.40. The molecule has 0 amide bonds. The molecule has 0 radical (unpaired) electrons. The molecule has 3 aliphatic rings. The number of fused-ring (bicyclic) bond motifs is 3. The molecule has 0 aromatic heterocycles. The van der Waals surface area contributed by atoms with Crippen molar-refractivity contribution in [2.75, 3.05) is 19.6 Å². The molecule has 1 atom stereocenters. The van der Waals surface area contributed by atoms with Gasteiger partial charge in [0.05, 0.1) is 5.25 Å². The minimum absolute atomic E-state index is 0.304. The fourth-order valence-electron chi connectivity index (χ4n) is 2.23. The molecule has 0 spiro atoms. The van der Waals surface area contributed by atoms with Gasteiger partial charge in [0.1, 0.15) is 0 Å². The van der Waals surface area contributed by atoms with E-state index < -0.39 is 9.05 Å². The summed E-state index contributed by atoms with van der Waals surface area (Å²) in [5.41, 5.74) is 0. The van der Waals surface area contributed by atoms with Crippen LogP contribution in [0.5, 0.6) is 0 Å². The van der Waals surface area contributed by atoms with Gasteiger partial charge in [-0.05, 0) is 31.8 Å². The summed E-state index contributed by atoms with van der Waals surface area (Å²) in [6.45, 7) is 2.75. The van der Waals surface area contributed by atoms with Gasteiger partial charge in [0, 0.05) is 17.2 Å². The van der Waals surface area contributed by atoms with Crippen molar-refractivity contribution in [1.82, 2.24) is 4.90 Å². The van der Waals surface area contributed by atoms with Crippen molar-refractivity contribution < 1.29 is 8.42 Å². The van der Waals surface area contributed by atoms with E-state index in [9.17, 15) is 8.42 Å². The maximum atomic E-state index is 11.1. The summed E-state index contributed by atoms with van der Waals surface area (Å²) < 4.78 is 22.2. The molecular formula is C7H12ClNO2S. The fraction of sp³-hybridized carbons (Fsp3) is 1.00. The monoisotopic (exact) mass is 209 g/mol. The summed E-state index contributed by atoms with van der Waals surface area (Å²) in [5, 5.41) is -0.304. The lowest BCUT2D eigenvalue weighted by Crippen LogP contribution is -2.52. The Hall–Kier alpha value is 0.200. The van der Waals surface area contributed by atoms with Crippen molar-refractivity contribution >= 4 is 19.7 Å². The Bertz CT molecular complexity index is 269. The molecule has 0 aliphatic carbocycles. The van der Waals surface area contributed by atoms with E-state index in [1.165, 1.54) is 0 Å². The molecule has 3 aliphatic heterocycles. The molecule has 0 aromatic rings. The van der Waals surface area contributed by atoms with Crippen molar-refractivity contribution in [2.24, 2.45) is 5.92 Å². The topological polar surface area (TPSA) is 37.4 Å². The van der Waals surface area contributed by atoms with Gasteiger partial charge in [-0.2, -0.15) is 0 Å². The number of hydrogen-bond donors (Lipinski definition) is 0. The van der Waals surface area contributed by atoms with Crippen LogP contribution < -0.4 is 0 Å². The van der Waals surface area contributed by atoms with E-state index in [2.05, 4.69) is 4.90 Å². The van der Waals surface area contributed by atoms with Gasteiger partial charge in [-0.15, -0.1) is 0 Å². The minimum Gasteiger partial charge on any atom is -0.302 e. The average molecular weight is 210 g/mol. The van der Waals surface area contributed by atoms with Crippen LogP contribution in [0.4, 0.5) is 0 Å². The van der Waals surface area contributed by atoms with Crippen LogP contribution in [0.1, 0.15) is 12.8 Å². The first-order valence-corrected chi connectivity index (χ1v) is 6.60. The van der Waals surface area contributed by atoms with Crippen molar-refractivity contribution in [3.8, 4) is 0 Å². The summed E-state index contributed by atoms with van der Waals surface area (Å²) in [4.78, 5) is 2.19. The molecule has 3 fully saturated rings. The van der Waals surface area contributed by atoms with Crippen molar-refractivity contribution in [1.29, 1.82) is 0 Å². The number of piperidine rings is 3. The molecule has 70 valence electrons. The first-order chi connectivity index (χ1) is 5.57. The van der Waals surface area contributed by atoms with E-state index in [0.717, 1.165) is 25.9 Å². The molecule has 3 saturated heterocycles. The second-order valence-electron chi connectivity index (χ2n) is 3.65.